The summed E-state index contributed by atoms with van der Waals surface area (Å²) >= 11 is 3.52. The predicted molar refractivity (Wildman–Crippen MR) is 80.2 cm³/mol. The Bertz CT molecular complexity index is 926. The van der Waals surface area contributed by atoms with Crippen molar-refractivity contribution in [2.24, 2.45) is 7.05 Å². The van der Waals surface area contributed by atoms with E-state index in [9.17, 15) is 4.79 Å². The van der Waals surface area contributed by atoms with Crippen molar-refractivity contribution in [2.75, 3.05) is 0 Å². The van der Waals surface area contributed by atoms with Crippen LogP contribution in [0.1, 0.15) is 0 Å². The standard InChI is InChI=1S/C14H9NO2S2/c1-15-9-6-8(2-3-10(9)17-14(15)16)12-7-13-11(19-12)4-5-18-13/h2-7H,1H3. The average molecular weight is 287 g/mol. The third-order valence-corrected chi connectivity index (χ3v) is 5.36. The minimum atomic E-state index is -0.320. The molecule has 0 radical (unpaired) electrons. The van der Waals surface area contributed by atoms with Gasteiger partial charge in [0.2, 0.25) is 0 Å². The lowest BCUT2D eigenvalue weighted by Crippen LogP contribution is -2.08. The molecule has 0 fully saturated rings. The topological polar surface area (TPSA) is 35.1 Å². The number of aromatic nitrogens is 1. The zero-order chi connectivity index (χ0) is 13.0. The van der Waals surface area contributed by atoms with E-state index in [2.05, 4.69) is 17.5 Å². The minimum Gasteiger partial charge on any atom is -0.408 e. The molecule has 19 heavy (non-hydrogen) atoms. The molecule has 3 heterocycles. The van der Waals surface area contributed by atoms with Crippen molar-refractivity contribution in [3.8, 4) is 10.4 Å². The second-order valence-electron chi connectivity index (χ2n) is 4.37. The zero-order valence-electron chi connectivity index (χ0n) is 10.0. The number of fused-ring (bicyclic) bond motifs is 2. The normalized spacial score (nSPS) is 11.6. The molecular weight excluding hydrogens is 278 g/mol. The summed E-state index contributed by atoms with van der Waals surface area (Å²) in [7, 11) is 1.73. The van der Waals surface area contributed by atoms with E-state index in [1.54, 1.807) is 29.7 Å². The summed E-state index contributed by atoms with van der Waals surface area (Å²) in [6, 6.07) is 10.2. The maximum atomic E-state index is 11.5. The molecule has 0 aliphatic heterocycles. The third-order valence-electron chi connectivity index (χ3n) is 3.22. The van der Waals surface area contributed by atoms with Gasteiger partial charge in [-0.05, 0) is 41.3 Å². The summed E-state index contributed by atoms with van der Waals surface area (Å²) in [5.74, 6) is -0.320. The van der Waals surface area contributed by atoms with E-state index in [0.717, 1.165) is 11.1 Å². The molecule has 4 rings (SSSR count). The first-order chi connectivity index (χ1) is 9.22. The van der Waals surface area contributed by atoms with Crippen molar-refractivity contribution in [3.63, 3.8) is 0 Å². The van der Waals surface area contributed by atoms with E-state index in [1.807, 2.05) is 18.2 Å². The zero-order valence-corrected chi connectivity index (χ0v) is 11.7. The highest BCUT2D eigenvalue weighted by molar-refractivity contribution is 7.28. The second-order valence-corrected chi connectivity index (χ2v) is 6.40. The molecular formula is C14H9NO2S2. The Balaban J connectivity index is 1.97. The molecule has 0 aliphatic rings. The molecule has 0 bridgehead atoms. The fraction of sp³-hybridized carbons (Fsp3) is 0.0714. The first-order valence-electron chi connectivity index (χ1n) is 5.79. The van der Waals surface area contributed by atoms with Crippen LogP contribution < -0.4 is 5.76 Å². The van der Waals surface area contributed by atoms with Gasteiger partial charge in [0.25, 0.3) is 0 Å². The monoisotopic (exact) mass is 287 g/mol. The lowest BCUT2D eigenvalue weighted by Gasteiger charge is -1.97. The molecule has 0 atom stereocenters. The highest BCUT2D eigenvalue weighted by Gasteiger charge is 2.10. The Morgan fingerprint density at radius 1 is 1.16 bits per heavy atom. The number of hydrogen-bond donors (Lipinski definition) is 0. The van der Waals surface area contributed by atoms with Gasteiger partial charge in [-0.25, -0.2) is 4.79 Å². The van der Waals surface area contributed by atoms with Gasteiger partial charge >= 0.3 is 5.76 Å². The molecule has 0 unspecified atom stereocenters. The van der Waals surface area contributed by atoms with Gasteiger partial charge in [-0.15, -0.1) is 22.7 Å². The molecule has 0 amide bonds. The van der Waals surface area contributed by atoms with Crippen LogP contribution in [0, 0.1) is 0 Å². The number of oxazole rings is 1. The van der Waals surface area contributed by atoms with Crippen molar-refractivity contribution in [3.05, 3.63) is 46.3 Å². The fourth-order valence-electron chi connectivity index (χ4n) is 2.19. The fourth-order valence-corrected chi connectivity index (χ4v) is 4.29. The molecule has 3 nitrogen and oxygen atoms in total. The van der Waals surface area contributed by atoms with Crippen LogP contribution in [0.5, 0.6) is 0 Å². The van der Waals surface area contributed by atoms with E-state index in [4.69, 9.17) is 4.42 Å². The Morgan fingerprint density at radius 2 is 2.05 bits per heavy atom. The Morgan fingerprint density at radius 3 is 2.89 bits per heavy atom. The Hall–Kier alpha value is -1.85. The maximum Gasteiger partial charge on any atom is 0.419 e. The van der Waals surface area contributed by atoms with Crippen molar-refractivity contribution in [2.45, 2.75) is 0 Å². The van der Waals surface area contributed by atoms with Gasteiger partial charge in [0.05, 0.1) is 5.52 Å². The van der Waals surface area contributed by atoms with Gasteiger partial charge in [0, 0.05) is 21.3 Å². The summed E-state index contributed by atoms with van der Waals surface area (Å²) in [5.41, 5.74) is 2.59. The summed E-state index contributed by atoms with van der Waals surface area (Å²) in [6.07, 6.45) is 0. The first-order valence-corrected chi connectivity index (χ1v) is 7.49. The van der Waals surface area contributed by atoms with Gasteiger partial charge in [-0.1, -0.05) is 0 Å². The maximum absolute atomic E-state index is 11.5. The second kappa shape index (κ2) is 3.82. The molecule has 0 N–H and O–H groups in total. The van der Waals surface area contributed by atoms with Crippen LogP contribution in [-0.2, 0) is 7.05 Å². The molecule has 3 aromatic heterocycles. The van der Waals surface area contributed by atoms with Gasteiger partial charge < -0.3 is 4.42 Å². The lowest BCUT2D eigenvalue weighted by molar-refractivity contribution is 0.528. The van der Waals surface area contributed by atoms with E-state index in [-0.39, 0.29) is 5.76 Å². The van der Waals surface area contributed by atoms with Crippen molar-refractivity contribution in [1.82, 2.24) is 4.57 Å². The van der Waals surface area contributed by atoms with Gasteiger partial charge in [-0.2, -0.15) is 0 Å². The smallest absolute Gasteiger partial charge is 0.408 e. The summed E-state index contributed by atoms with van der Waals surface area (Å²) < 4.78 is 9.30. The van der Waals surface area contributed by atoms with E-state index in [0.29, 0.717) is 5.58 Å². The first kappa shape index (κ1) is 11.0. The highest BCUT2D eigenvalue weighted by atomic mass is 32.1. The summed E-state index contributed by atoms with van der Waals surface area (Å²) in [5, 5.41) is 2.11. The van der Waals surface area contributed by atoms with Crippen LogP contribution in [0.4, 0.5) is 0 Å². The van der Waals surface area contributed by atoms with Gasteiger partial charge in [0.1, 0.15) is 0 Å². The SMILES string of the molecule is Cn1c(=O)oc2ccc(-c3cc4sccc4s3)cc21. The quantitative estimate of drug-likeness (QED) is 0.529. The number of thiophene rings is 2. The van der Waals surface area contributed by atoms with Crippen LogP contribution in [0.2, 0.25) is 0 Å². The molecule has 0 saturated carbocycles. The molecule has 5 heteroatoms. The van der Waals surface area contributed by atoms with Crippen LogP contribution in [-0.4, -0.2) is 4.57 Å². The number of benzene rings is 1. The van der Waals surface area contributed by atoms with E-state index in [1.165, 1.54) is 18.8 Å². The Labute approximate surface area is 116 Å². The number of nitrogens with zero attached hydrogens (tertiary/aromatic N) is 1. The molecule has 0 saturated heterocycles. The number of rotatable bonds is 1. The van der Waals surface area contributed by atoms with Crippen molar-refractivity contribution >= 4 is 43.2 Å². The molecule has 0 aliphatic carbocycles. The Kier molecular flexibility index (Phi) is 2.22. The predicted octanol–water partition coefficient (Wildman–Crippen LogP) is 4.07. The van der Waals surface area contributed by atoms with Crippen LogP contribution >= 0.6 is 22.7 Å². The van der Waals surface area contributed by atoms with Crippen LogP contribution in [0.15, 0.2) is 44.9 Å². The van der Waals surface area contributed by atoms with Gasteiger partial charge in [0.15, 0.2) is 5.58 Å². The minimum absolute atomic E-state index is 0.320. The highest BCUT2D eigenvalue weighted by Crippen LogP contribution is 2.37. The molecule has 4 aromatic rings. The molecule has 0 spiro atoms. The van der Waals surface area contributed by atoms with Crippen molar-refractivity contribution in [1.29, 1.82) is 0 Å². The van der Waals surface area contributed by atoms with E-state index >= 15 is 0 Å². The molecule has 1 aromatic carbocycles. The summed E-state index contributed by atoms with van der Waals surface area (Å²) in [4.78, 5) is 12.7. The largest absolute Gasteiger partial charge is 0.419 e. The average Bonchev–Trinajstić information content (AvgIpc) is 3.04. The number of aryl methyl sites for hydroxylation is 1. The lowest BCUT2D eigenvalue weighted by atomic mass is 10.2. The van der Waals surface area contributed by atoms with Crippen molar-refractivity contribution < 1.29 is 4.42 Å². The number of hydrogen-bond acceptors (Lipinski definition) is 4. The molecule has 94 valence electrons. The third kappa shape index (κ3) is 1.59. The van der Waals surface area contributed by atoms with Gasteiger partial charge in [-0.3, -0.25) is 4.57 Å². The van der Waals surface area contributed by atoms with E-state index < -0.39 is 0 Å². The van der Waals surface area contributed by atoms with Crippen LogP contribution in [0.3, 0.4) is 0 Å². The summed E-state index contributed by atoms with van der Waals surface area (Å²) in [6.45, 7) is 0. The van der Waals surface area contributed by atoms with Crippen LogP contribution in [0.25, 0.3) is 30.9 Å².